The number of carbonyl (C=O) groups is 1. The third-order valence-corrected chi connectivity index (χ3v) is 6.16. The van der Waals surface area contributed by atoms with Gasteiger partial charge in [0, 0.05) is 32.8 Å². The van der Waals surface area contributed by atoms with Crippen molar-refractivity contribution in [2.75, 3.05) is 52.5 Å². The summed E-state index contributed by atoms with van der Waals surface area (Å²) in [5, 5.41) is 3.13. The van der Waals surface area contributed by atoms with Crippen molar-refractivity contribution in [2.24, 2.45) is 5.41 Å². The Labute approximate surface area is 147 Å². The zero-order chi connectivity index (χ0) is 16.7. The lowest BCUT2D eigenvalue weighted by molar-refractivity contribution is 0.0209. The molecule has 5 nitrogen and oxygen atoms in total. The van der Waals surface area contributed by atoms with Crippen LogP contribution in [-0.4, -0.2) is 68.3 Å². The van der Waals surface area contributed by atoms with Crippen LogP contribution >= 0.6 is 0 Å². The predicted octanol–water partition coefficient (Wildman–Crippen LogP) is 2.85. The Kier molecular flexibility index (Phi) is 6.78. The van der Waals surface area contributed by atoms with Crippen LogP contribution in [0.1, 0.15) is 57.8 Å². The molecule has 24 heavy (non-hydrogen) atoms. The van der Waals surface area contributed by atoms with Crippen LogP contribution in [0, 0.1) is 5.41 Å². The molecule has 0 unspecified atom stereocenters. The van der Waals surface area contributed by atoms with Crippen molar-refractivity contribution in [3.05, 3.63) is 0 Å². The highest BCUT2D eigenvalue weighted by Crippen LogP contribution is 2.39. The summed E-state index contributed by atoms with van der Waals surface area (Å²) in [7, 11) is 0. The summed E-state index contributed by atoms with van der Waals surface area (Å²) in [4.78, 5) is 17.0. The van der Waals surface area contributed by atoms with E-state index in [1.807, 2.05) is 4.90 Å². The Balaban J connectivity index is 1.24. The SMILES string of the molecule is O=C(NCCCCCN1CCCCC1)N1CCC2(CCOCC2)C1. The highest BCUT2D eigenvalue weighted by molar-refractivity contribution is 5.74. The molecule has 1 N–H and O–H groups in total. The fourth-order valence-corrected chi connectivity index (χ4v) is 4.45. The number of urea groups is 1. The minimum absolute atomic E-state index is 0.148. The third kappa shape index (κ3) is 5.09. The lowest BCUT2D eigenvalue weighted by atomic mass is 9.80. The molecule has 0 radical (unpaired) electrons. The number of nitrogens with zero attached hydrogens (tertiary/aromatic N) is 2. The topological polar surface area (TPSA) is 44.8 Å². The highest BCUT2D eigenvalue weighted by atomic mass is 16.5. The van der Waals surface area contributed by atoms with Gasteiger partial charge in [-0.2, -0.15) is 0 Å². The summed E-state index contributed by atoms with van der Waals surface area (Å²) in [5.74, 6) is 0. The molecule has 0 aliphatic carbocycles. The normalized spacial score (nSPS) is 24.4. The number of nitrogens with one attached hydrogen (secondary N) is 1. The first-order valence-corrected chi connectivity index (χ1v) is 10.1. The predicted molar refractivity (Wildman–Crippen MR) is 96.2 cm³/mol. The molecule has 1 spiro atoms. The first-order chi connectivity index (χ1) is 11.8. The molecule has 3 saturated heterocycles. The largest absolute Gasteiger partial charge is 0.381 e. The van der Waals surface area contributed by atoms with E-state index in [0.717, 1.165) is 58.5 Å². The van der Waals surface area contributed by atoms with Gasteiger partial charge >= 0.3 is 6.03 Å². The van der Waals surface area contributed by atoms with Gasteiger partial charge < -0.3 is 19.9 Å². The number of piperidine rings is 1. The van der Waals surface area contributed by atoms with Crippen LogP contribution in [-0.2, 0) is 4.74 Å². The molecule has 3 fully saturated rings. The molecule has 0 bridgehead atoms. The van der Waals surface area contributed by atoms with Gasteiger partial charge in [-0.3, -0.25) is 0 Å². The van der Waals surface area contributed by atoms with Crippen molar-refractivity contribution in [3.8, 4) is 0 Å². The lowest BCUT2D eigenvalue weighted by Crippen LogP contribution is -2.41. The van der Waals surface area contributed by atoms with E-state index in [2.05, 4.69) is 10.2 Å². The molecule has 3 aliphatic rings. The second kappa shape index (κ2) is 9.04. The molecule has 5 heteroatoms. The number of unbranched alkanes of at least 4 members (excludes halogenated alkanes) is 2. The maximum absolute atomic E-state index is 12.3. The molecule has 3 aliphatic heterocycles. The molecule has 138 valence electrons. The highest BCUT2D eigenvalue weighted by Gasteiger charge is 2.40. The Morgan fingerprint density at radius 1 is 0.958 bits per heavy atom. The summed E-state index contributed by atoms with van der Waals surface area (Å²) in [6.07, 6.45) is 11.1. The Hall–Kier alpha value is -0.810. The molecule has 0 aromatic carbocycles. The molecule has 0 atom stereocenters. The molecular formula is C19H35N3O2. The van der Waals surface area contributed by atoms with E-state index in [1.54, 1.807) is 0 Å². The fourth-order valence-electron chi connectivity index (χ4n) is 4.45. The zero-order valence-corrected chi connectivity index (χ0v) is 15.2. The Morgan fingerprint density at radius 2 is 1.75 bits per heavy atom. The van der Waals surface area contributed by atoms with Gasteiger partial charge in [-0.1, -0.05) is 12.8 Å². The van der Waals surface area contributed by atoms with Crippen molar-refractivity contribution >= 4 is 6.03 Å². The van der Waals surface area contributed by atoms with E-state index in [9.17, 15) is 4.79 Å². The van der Waals surface area contributed by atoms with Gasteiger partial charge in [0.25, 0.3) is 0 Å². The first-order valence-electron chi connectivity index (χ1n) is 10.1. The average Bonchev–Trinajstić information content (AvgIpc) is 3.03. The molecular weight excluding hydrogens is 302 g/mol. The molecule has 2 amide bonds. The second-order valence-electron chi connectivity index (χ2n) is 7.98. The fraction of sp³-hybridized carbons (Fsp3) is 0.947. The second-order valence-corrected chi connectivity index (χ2v) is 7.98. The van der Waals surface area contributed by atoms with Gasteiger partial charge in [-0.25, -0.2) is 4.79 Å². The van der Waals surface area contributed by atoms with Crippen molar-refractivity contribution < 1.29 is 9.53 Å². The molecule has 3 heterocycles. The smallest absolute Gasteiger partial charge is 0.317 e. The average molecular weight is 338 g/mol. The maximum Gasteiger partial charge on any atom is 0.317 e. The van der Waals surface area contributed by atoms with E-state index >= 15 is 0 Å². The van der Waals surface area contributed by atoms with Gasteiger partial charge in [0.15, 0.2) is 0 Å². The number of ether oxygens (including phenoxy) is 1. The Morgan fingerprint density at radius 3 is 2.54 bits per heavy atom. The van der Waals surface area contributed by atoms with E-state index in [4.69, 9.17) is 4.74 Å². The van der Waals surface area contributed by atoms with Crippen molar-refractivity contribution in [3.63, 3.8) is 0 Å². The third-order valence-electron chi connectivity index (χ3n) is 6.16. The zero-order valence-electron chi connectivity index (χ0n) is 15.2. The summed E-state index contributed by atoms with van der Waals surface area (Å²) < 4.78 is 5.48. The molecule has 0 aromatic heterocycles. The van der Waals surface area contributed by atoms with Crippen LogP contribution in [0.25, 0.3) is 0 Å². The number of hydrogen-bond donors (Lipinski definition) is 1. The van der Waals surface area contributed by atoms with Crippen LogP contribution in [0.15, 0.2) is 0 Å². The first kappa shape index (κ1) is 18.0. The molecule has 0 saturated carbocycles. The minimum Gasteiger partial charge on any atom is -0.381 e. The van der Waals surface area contributed by atoms with E-state index in [1.165, 1.54) is 51.7 Å². The summed E-state index contributed by atoms with van der Waals surface area (Å²) >= 11 is 0. The Bertz CT molecular complexity index is 390. The van der Waals surface area contributed by atoms with Gasteiger partial charge in [0.1, 0.15) is 0 Å². The number of amides is 2. The van der Waals surface area contributed by atoms with Crippen LogP contribution in [0.2, 0.25) is 0 Å². The van der Waals surface area contributed by atoms with Gasteiger partial charge in [-0.05, 0) is 70.0 Å². The van der Waals surface area contributed by atoms with Gasteiger partial charge in [-0.15, -0.1) is 0 Å². The van der Waals surface area contributed by atoms with Crippen molar-refractivity contribution in [2.45, 2.75) is 57.8 Å². The number of rotatable bonds is 6. The monoisotopic (exact) mass is 337 g/mol. The summed E-state index contributed by atoms with van der Waals surface area (Å²) in [6, 6.07) is 0.148. The van der Waals surface area contributed by atoms with Crippen LogP contribution in [0.5, 0.6) is 0 Å². The summed E-state index contributed by atoms with van der Waals surface area (Å²) in [5.41, 5.74) is 0.351. The number of hydrogen-bond acceptors (Lipinski definition) is 3. The number of carbonyl (C=O) groups excluding carboxylic acids is 1. The molecule has 0 aromatic rings. The summed E-state index contributed by atoms with van der Waals surface area (Å²) in [6.45, 7) is 8.23. The maximum atomic E-state index is 12.3. The minimum atomic E-state index is 0.148. The van der Waals surface area contributed by atoms with Crippen LogP contribution in [0.3, 0.4) is 0 Å². The molecule has 3 rings (SSSR count). The number of likely N-dealkylation sites (tertiary alicyclic amines) is 2. The van der Waals surface area contributed by atoms with E-state index in [0.29, 0.717) is 5.41 Å². The van der Waals surface area contributed by atoms with Gasteiger partial charge in [0.2, 0.25) is 0 Å². The van der Waals surface area contributed by atoms with Crippen LogP contribution < -0.4 is 5.32 Å². The lowest BCUT2D eigenvalue weighted by Gasteiger charge is -2.33. The van der Waals surface area contributed by atoms with Crippen LogP contribution in [0.4, 0.5) is 4.79 Å². The van der Waals surface area contributed by atoms with Crippen molar-refractivity contribution in [1.29, 1.82) is 0 Å². The quantitative estimate of drug-likeness (QED) is 0.758. The van der Waals surface area contributed by atoms with E-state index < -0.39 is 0 Å². The van der Waals surface area contributed by atoms with Gasteiger partial charge in [0.05, 0.1) is 0 Å². The standard InChI is InChI=1S/C19H35N3O2/c23-18(22-14-7-19(17-22)8-15-24-16-9-19)20-10-3-1-4-11-21-12-5-2-6-13-21/h1-17H2,(H,20,23). The van der Waals surface area contributed by atoms with Crippen molar-refractivity contribution in [1.82, 2.24) is 15.1 Å². The van der Waals surface area contributed by atoms with E-state index in [-0.39, 0.29) is 6.03 Å².